The lowest BCUT2D eigenvalue weighted by Gasteiger charge is -2.12. The normalized spacial score (nSPS) is 23.2. The molecule has 2 unspecified atom stereocenters. The topological polar surface area (TPSA) is 78.4 Å². The van der Waals surface area contributed by atoms with E-state index in [0.717, 1.165) is 24.8 Å². The molecular weight excluding hydrogens is 300 g/mol. The van der Waals surface area contributed by atoms with E-state index in [-0.39, 0.29) is 17.8 Å². The number of ether oxygens (including phenoxy) is 1. The van der Waals surface area contributed by atoms with E-state index in [1.54, 1.807) is 6.07 Å². The maximum absolute atomic E-state index is 10.8. The number of halogens is 1. The molecule has 1 aliphatic rings. The maximum Gasteiger partial charge on any atom is 0.283 e. The molecule has 6 heteroatoms. The zero-order chi connectivity index (χ0) is 13.1. The van der Waals surface area contributed by atoms with Crippen LogP contribution in [0.2, 0.25) is 0 Å². The van der Waals surface area contributed by atoms with Gasteiger partial charge in [-0.2, -0.15) is 0 Å². The molecular formula is C12H15BrN2O3. The fraction of sp³-hybridized carbons (Fsp3) is 0.500. The van der Waals surface area contributed by atoms with Crippen LogP contribution in [0.5, 0.6) is 0 Å². The van der Waals surface area contributed by atoms with Gasteiger partial charge in [0.1, 0.15) is 4.47 Å². The maximum atomic E-state index is 10.8. The van der Waals surface area contributed by atoms with Crippen LogP contribution in [0, 0.1) is 10.1 Å². The lowest BCUT2D eigenvalue weighted by molar-refractivity contribution is -0.385. The van der Waals surface area contributed by atoms with Gasteiger partial charge in [0.05, 0.1) is 17.6 Å². The highest BCUT2D eigenvalue weighted by Gasteiger charge is 2.23. The lowest BCUT2D eigenvalue weighted by Crippen LogP contribution is -2.17. The predicted molar refractivity (Wildman–Crippen MR) is 71.2 cm³/mol. The number of benzene rings is 1. The van der Waals surface area contributed by atoms with Crippen molar-refractivity contribution in [3.05, 3.63) is 38.3 Å². The molecule has 0 aromatic heterocycles. The molecule has 1 aromatic carbocycles. The third kappa shape index (κ3) is 3.07. The number of hydrogen-bond acceptors (Lipinski definition) is 4. The first kappa shape index (κ1) is 13.5. The predicted octanol–water partition coefficient (Wildman–Crippen LogP) is 2.75. The monoisotopic (exact) mass is 314 g/mol. The lowest BCUT2D eigenvalue weighted by atomic mass is 10.2. The molecule has 1 fully saturated rings. The molecule has 0 amide bonds. The Hall–Kier alpha value is -0.980. The molecule has 5 nitrogen and oxygen atoms in total. The number of nitrogens with two attached hydrogens (primary N) is 1. The van der Waals surface area contributed by atoms with E-state index in [2.05, 4.69) is 15.9 Å². The van der Waals surface area contributed by atoms with E-state index in [9.17, 15) is 10.1 Å². The van der Waals surface area contributed by atoms with Gasteiger partial charge in [0.25, 0.3) is 5.69 Å². The second-order valence-corrected chi connectivity index (χ2v) is 5.31. The second-order valence-electron chi connectivity index (χ2n) is 4.51. The van der Waals surface area contributed by atoms with Gasteiger partial charge in [0.15, 0.2) is 0 Å². The Bertz CT molecular complexity index is 453. The van der Waals surface area contributed by atoms with Crippen molar-refractivity contribution >= 4 is 21.6 Å². The Morgan fingerprint density at radius 1 is 1.50 bits per heavy atom. The first-order valence-corrected chi connectivity index (χ1v) is 6.66. The van der Waals surface area contributed by atoms with Gasteiger partial charge in [-0.15, -0.1) is 0 Å². The fourth-order valence-corrected chi connectivity index (χ4v) is 2.67. The Morgan fingerprint density at radius 2 is 2.28 bits per heavy atom. The van der Waals surface area contributed by atoms with Crippen LogP contribution in [0.1, 0.15) is 24.8 Å². The highest BCUT2D eigenvalue weighted by molar-refractivity contribution is 9.10. The largest absolute Gasteiger partial charge is 0.373 e. The van der Waals surface area contributed by atoms with E-state index < -0.39 is 4.92 Å². The van der Waals surface area contributed by atoms with E-state index >= 15 is 0 Å². The SMILES string of the molecule is NC1CCC(OCc2cccc([N+](=O)[O-])c2Br)C1. The molecule has 2 N–H and O–H groups in total. The molecule has 2 rings (SSSR count). The van der Waals surface area contributed by atoms with Crippen molar-refractivity contribution < 1.29 is 9.66 Å². The Kier molecular flexibility index (Phi) is 4.31. The van der Waals surface area contributed by atoms with Crippen LogP contribution in [0.3, 0.4) is 0 Å². The minimum atomic E-state index is -0.404. The first-order chi connectivity index (χ1) is 8.58. The molecule has 0 bridgehead atoms. The van der Waals surface area contributed by atoms with Crippen molar-refractivity contribution in [3.63, 3.8) is 0 Å². The molecule has 0 radical (unpaired) electrons. The van der Waals surface area contributed by atoms with Crippen molar-refractivity contribution in [2.75, 3.05) is 0 Å². The summed E-state index contributed by atoms with van der Waals surface area (Å²) in [4.78, 5) is 10.4. The Balaban J connectivity index is 2.01. The minimum absolute atomic E-state index is 0.0687. The van der Waals surface area contributed by atoms with Gasteiger partial charge in [-0.25, -0.2) is 0 Å². The number of nitrogens with zero attached hydrogens (tertiary/aromatic N) is 1. The molecule has 0 saturated heterocycles. The summed E-state index contributed by atoms with van der Waals surface area (Å²) in [6.45, 7) is 0.375. The van der Waals surface area contributed by atoms with Gasteiger partial charge in [-0.1, -0.05) is 12.1 Å². The Morgan fingerprint density at radius 3 is 2.89 bits per heavy atom. The molecule has 0 aliphatic heterocycles. The van der Waals surface area contributed by atoms with Crippen LogP contribution in [-0.4, -0.2) is 17.1 Å². The van der Waals surface area contributed by atoms with Gasteiger partial charge in [0.2, 0.25) is 0 Å². The van der Waals surface area contributed by atoms with Gasteiger partial charge in [-0.3, -0.25) is 10.1 Å². The summed E-state index contributed by atoms with van der Waals surface area (Å²) < 4.78 is 6.24. The molecule has 1 aliphatic carbocycles. The van der Waals surface area contributed by atoms with Gasteiger partial charge in [0, 0.05) is 12.1 Å². The molecule has 98 valence electrons. The van der Waals surface area contributed by atoms with Gasteiger partial charge >= 0.3 is 0 Å². The first-order valence-electron chi connectivity index (χ1n) is 5.87. The summed E-state index contributed by atoms with van der Waals surface area (Å²) in [7, 11) is 0. The van der Waals surface area contributed by atoms with Crippen molar-refractivity contribution in [2.45, 2.75) is 38.0 Å². The Labute approximate surface area is 114 Å². The van der Waals surface area contributed by atoms with Crippen molar-refractivity contribution in [2.24, 2.45) is 5.73 Å². The average Bonchev–Trinajstić information content (AvgIpc) is 2.73. The number of hydrogen-bond donors (Lipinski definition) is 1. The highest BCUT2D eigenvalue weighted by Crippen LogP contribution is 2.30. The van der Waals surface area contributed by atoms with Crippen LogP contribution >= 0.6 is 15.9 Å². The summed E-state index contributed by atoms with van der Waals surface area (Å²) in [6, 6.07) is 5.19. The third-order valence-corrected chi connectivity index (χ3v) is 4.07. The van der Waals surface area contributed by atoms with Crippen molar-refractivity contribution in [3.8, 4) is 0 Å². The highest BCUT2D eigenvalue weighted by atomic mass is 79.9. The molecule has 1 saturated carbocycles. The molecule has 18 heavy (non-hydrogen) atoms. The number of nitro benzene ring substituents is 1. The quantitative estimate of drug-likeness (QED) is 0.684. The molecule has 0 spiro atoms. The summed E-state index contributed by atoms with van der Waals surface area (Å²) in [5, 5.41) is 10.8. The molecule has 1 aromatic rings. The van der Waals surface area contributed by atoms with Crippen LogP contribution in [0.4, 0.5) is 5.69 Å². The standard InChI is InChI=1S/C12H15BrN2O3/c13-12-8(2-1-3-11(12)15(16)17)7-18-10-5-4-9(14)6-10/h1-3,9-10H,4-7,14H2. The van der Waals surface area contributed by atoms with E-state index in [1.807, 2.05) is 6.07 Å². The molecule has 0 heterocycles. The van der Waals surface area contributed by atoms with Crippen LogP contribution in [-0.2, 0) is 11.3 Å². The van der Waals surface area contributed by atoms with Crippen LogP contribution in [0.15, 0.2) is 22.7 Å². The van der Waals surface area contributed by atoms with E-state index in [1.165, 1.54) is 6.07 Å². The summed E-state index contributed by atoms with van der Waals surface area (Å²) >= 11 is 3.26. The van der Waals surface area contributed by atoms with Gasteiger partial charge in [-0.05, 0) is 40.8 Å². The van der Waals surface area contributed by atoms with Crippen LogP contribution in [0.25, 0.3) is 0 Å². The van der Waals surface area contributed by atoms with E-state index in [4.69, 9.17) is 10.5 Å². The van der Waals surface area contributed by atoms with Crippen molar-refractivity contribution in [1.29, 1.82) is 0 Å². The minimum Gasteiger partial charge on any atom is -0.373 e. The summed E-state index contributed by atoms with van der Waals surface area (Å²) in [5.74, 6) is 0. The summed E-state index contributed by atoms with van der Waals surface area (Å²) in [6.07, 6.45) is 2.99. The summed E-state index contributed by atoms with van der Waals surface area (Å²) in [5.41, 5.74) is 6.67. The van der Waals surface area contributed by atoms with Crippen molar-refractivity contribution in [1.82, 2.24) is 0 Å². The third-order valence-electron chi connectivity index (χ3n) is 3.15. The number of nitro groups is 1. The zero-order valence-corrected chi connectivity index (χ0v) is 11.4. The second kappa shape index (κ2) is 5.77. The smallest absolute Gasteiger partial charge is 0.283 e. The average molecular weight is 315 g/mol. The van der Waals surface area contributed by atoms with Crippen LogP contribution < -0.4 is 5.73 Å². The molecule has 2 atom stereocenters. The van der Waals surface area contributed by atoms with E-state index in [0.29, 0.717) is 11.1 Å². The fourth-order valence-electron chi connectivity index (χ4n) is 2.15. The zero-order valence-electron chi connectivity index (χ0n) is 9.84. The number of rotatable bonds is 4. The van der Waals surface area contributed by atoms with Gasteiger partial charge < -0.3 is 10.5 Å².